The van der Waals surface area contributed by atoms with Crippen LogP contribution < -0.4 is 0 Å². The second-order valence-electron chi connectivity index (χ2n) is 6.95. The van der Waals surface area contributed by atoms with Crippen molar-refractivity contribution >= 4 is 11.8 Å². The molecule has 2 aliphatic rings. The molecule has 6 heteroatoms. The maximum absolute atomic E-state index is 13.1. The topological polar surface area (TPSA) is 66.7 Å². The minimum atomic E-state index is -0.426. The van der Waals surface area contributed by atoms with E-state index in [0.717, 1.165) is 31.4 Å². The Morgan fingerprint density at radius 2 is 2.04 bits per heavy atom. The molecule has 0 saturated carbocycles. The number of amides is 2. The van der Waals surface area contributed by atoms with E-state index in [2.05, 4.69) is 4.98 Å². The van der Waals surface area contributed by atoms with E-state index in [-0.39, 0.29) is 11.8 Å². The van der Waals surface area contributed by atoms with Gasteiger partial charge >= 0.3 is 0 Å². The van der Waals surface area contributed by atoms with Crippen LogP contribution in [0.2, 0.25) is 0 Å². The lowest BCUT2D eigenvalue weighted by atomic mass is 9.78. The van der Waals surface area contributed by atoms with E-state index >= 15 is 0 Å². The molecule has 0 aliphatic carbocycles. The molecule has 4 rings (SSSR count). The number of likely N-dealkylation sites (tertiary alicyclic amines) is 2. The summed E-state index contributed by atoms with van der Waals surface area (Å²) in [5, 5.41) is 0. The minimum Gasteiger partial charge on any atom is -0.472 e. The van der Waals surface area contributed by atoms with Crippen LogP contribution in [0.4, 0.5) is 0 Å². The van der Waals surface area contributed by atoms with E-state index in [1.165, 1.54) is 12.5 Å². The third-order valence-corrected chi connectivity index (χ3v) is 5.36. The van der Waals surface area contributed by atoms with Crippen molar-refractivity contribution in [2.75, 3.05) is 19.6 Å². The molecule has 0 radical (unpaired) electrons. The summed E-state index contributed by atoms with van der Waals surface area (Å²) in [5.41, 5.74) is 1.21. The third-order valence-electron chi connectivity index (χ3n) is 5.36. The van der Waals surface area contributed by atoms with Gasteiger partial charge in [0, 0.05) is 38.6 Å². The fraction of sp³-hybridized carbons (Fsp3) is 0.421. The van der Waals surface area contributed by atoms with Crippen LogP contribution in [0.15, 0.2) is 47.5 Å². The lowest BCUT2D eigenvalue weighted by molar-refractivity contribution is -0.138. The smallest absolute Gasteiger partial charge is 0.257 e. The van der Waals surface area contributed by atoms with Crippen LogP contribution in [0.5, 0.6) is 0 Å². The summed E-state index contributed by atoms with van der Waals surface area (Å²) >= 11 is 0. The van der Waals surface area contributed by atoms with Crippen molar-refractivity contribution in [3.05, 3.63) is 54.2 Å². The third kappa shape index (κ3) is 2.92. The Bertz CT molecular complexity index is 759. The van der Waals surface area contributed by atoms with Gasteiger partial charge in [-0.3, -0.25) is 14.6 Å². The van der Waals surface area contributed by atoms with Gasteiger partial charge in [-0.15, -0.1) is 0 Å². The van der Waals surface area contributed by atoms with Gasteiger partial charge in [-0.05, 0) is 43.0 Å². The summed E-state index contributed by atoms with van der Waals surface area (Å²) in [5.74, 6) is 0.127. The number of furan rings is 1. The number of hydrogen-bond acceptors (Lipinski definition) is 4. The largest absolute Gasteiger partial charge is 0.472 e. The Labute approximate surface area is 146 Å². The zero-order valence-corrected chi connectivity index (χ0v) is 14.1. The number of hydrogen-bond donors (Lipinski definition) is 0. The molecule has 4 heterocycles. The highest BCUT2D eigenvalue weighted by molar-refractivity contribution is 5.95. The van der Waals surface area contributed by atoms with E-state index < -0.39 is 5.41 Å². The van der Waals surface area contributed by atoms with Gasteiger partial charge in [0.1, 0.15) is 6.26 Å². The van der Waals surface area contributed by atoms with E-state index in [1.54, 1.807) is 18.5 Å². The Kier molecular flexibility index (Phi) is 4.03. The maximum atomic E-state index is 13.1. The second-order valence-corrected chi connectivity index (χ2v) is 6.95. The number of rotatable bonds is 3. The summed E-state index contributed by atoms with van der Waals surface area (Å²) in [7, 11) is 0. The molecule has 0 bridgehead atoms. The molecule has 0 aromatic carbocycles. The molecule has 2 aromatic heterocycles. The van der Waals surface area contributed by atoms with Gasteiger partial charge in [-0.1, -0.05) is 0 Å². The molecule has 1 atom stereocenters. The van der Waals surface area contributed by atoms with E-state index in [9.17, 15) is 9.59 Å². The molecule has 25 heavy (non-hydrogen) atoms. The first-order valence-corrected chi connectivity index (χ1v) is 8.68. The van der Waals surface area contributed by atoms with Gasteiger partial charge in [0.2, 0.25) is 5.91 Å². The van der Waals surface area contributed by atoms with Crippen molar-refractivity contribution in [3.8, 4) is 0 Å². The van der Waals surface area contributed by atoms with Gasteiger partial charge in [-0.25, -0.2) is 0 Å². The molecule has 0 unspecified atom stereocenters. The van der Waals surface area contributed by atoms with Crippen molar-refractivity contribution < 1.29 is 14.0 Å². The Morgan fingerprint density at radius 1 is 1.20 bits per heavy atom. The van der Waals surface area contributed by atoms with Gasteiger partial charge in [0.25, 0.3) is 5.91 Å². The average Bonchev–Trinajstić information content (AvgIpc) is 3.28. The lowest BCUT2D eigenvalue weighted by Crippen LogP contribution is -2.49. The number of nitrogens with zero attached hydrogens (tertiary/aromatic N) is 3. The van der Waals surface area contributed by atoms with Gasteiger partial charge < -0.3 is 14.2 Å². The second kappa shape index (κ2) is 6.35. The Hall–Kier alpha value is -2.63. The summed E-state index contributed by atoms with van der Waals surface area (Å²) in [6, 6.07) is 5.55. The SMILES string of the molecule is O=C(c1ccoc1)N1CCC[C@@]2(CCN(Cc3ccncc3)C2=O)C1. The highest BCUT2D eigenvalue weighted by atomic mass is 16.3. The van der Waals surface area contributed by atoms with Crippen molar-refractivity contribution in [3.63, 3.8) is 0 Å². The van der Waals surface area contributed by atoms with Crippen LogP contribution >= 0.6 is 0 Å². The zero-order valence-electron chi connectivity index (χ0n) is 14.1. The van der Waals surface area contributed by atoms with E-state index in [4.69, 9.17) is 4.42 Å². The normalized spacial score (nSPS) is 23.4. The quantitative estimate of drug-likeness (QED) is 0.861. The monoisotopic (exact) mass is 339 g/mol. The molecule has 0 N–H and O–H groups in total. The summed E-state index contributed by atoms with van der Waals surface area (Å²) in [6.07, 6.45) is 8.99. The molecular weight excluding hydrogens is 318 g/mol. The first-order valence-electron chi connectivity index (χ1n) is 8.68. The fourth-order valence-electron chi connectivity index (χ4n) is 4.00. The summed E-state index contributed by atoms with van der Waals surface area (Å²) < 4.78 is 5.02. The van der Waals surface area contributed by atoms with Gasteiger partial charge in [0.05, 0.1) is 17.2 Å². The van der Waals surface area contributed by atoms with Crippen LogP contribution in [0.1, 0.15) is 35.2 Å². The molecule has 2 fully saturated rings. The van der Waals surface area contributed by atoms with Crippen molar-refractivity contribution in [1.29, 1.82) is 0 Å². The summed E-state index contributed by atoms with van der Waals surface area (Å²) in [6.45, 7) is 2.56. The van der Waals surface area contributed by atoms with Crippen LogP contribution in [0.3, 0.4) is 0 Å². The first-order chi connectivity index (χ1) is 12.2. The van der Waals surface area contributed by atoms with E-state index in [0.29, 0.717) is 25.2 Å². The zero-order chi connectivity index (χ0) is 17.3. The van der Waals surface area contributed by atoms with Crippen molar-refractivity contribution in [2.24, 2.45) is 5.41 Å². The molecule has 6 nitrogen and oxygen atoms in total. The van der Waals surface area contributed by atoms with Gasteiger partial charge in [-0.2, -0.15) is 0 Å². The van der Waals surface area contributed by atoms with Crippen LogP contribution in [-0.2, 0) is 11.3 Å². The van der Waals surface area contributed by atoms with E-state index in [1.807, 2.05) is 21.9 Å². The lowest BCUT2D eigenvalue weighted by Gasteiger charge is -2.39. The van der Waals surface area contributed by atoms with Gasteiger partial charge in [0.15, 0.2) is 0 Å². The van der Waals surface area contributed by atoms with Crippen LogP contribution in [-0.4, -0.2) is 46.2 Å². The Balaban J connectivity index is 1.48. The number of piperidine rings is 1. The molecular formula is C19H21N3O3. The highest BCUT2D eigenvalue weighted by Gasteiger charge is 2.49. The van der Waals surface area contributed by atoms with Crippen molar-refractivity contribution in [2.45, 2.75) is 25.8 Å². The molecule has 2 aromatic rings. The number of carbonyl (C=O) groups is 2. The van der Waals surface area contributed by atoms with Crippen LogP contribution in [0, 0.1) is 5.41 Å². The number of pyridine rings is 1. The number of carbonyl (C=O) groups excluding carboxylic acids is 2. The highest BCUT2D eigenvalue weighted by Crippen LogP contribution is 2.41. The Morgan fingerprint density at radius 3 is 2.80 bits per heavy atom. The first kappa shape index (κ1) is 15.9. The van der Waals surface area contributed by atoms with Crippen LogP contribution in [0.25, 0.3) is 0 Å². The number of aromatic nitrogens is 1. The molecule has 2 aliphatic heterocycles. The standard InChI is InChI=1S/C19H21N3O3/c23-17(16-4-11-25-13-16)22-9-1-5-19(14-22)6-10-21(18(19)24)12-15-2-7-20-8-3-15/h2-4,7-8,11,13H,1,5-6,9-10,12,14H2/t19-/m1/s1. The summed E-state index contributed by atoms with van der Waals surface area (Å²) in [4.78, 5) is 33.5. The molecule has 2 saturated heterocycles. The predicted molar refractivity (Wildman–Crippen MR) is 90.5 cm³/mol. The van der Waals surface area contributed by atoms with Crippen molar-refractivity contribution in [1.82, 2.24) is 14.8 Å². The fourth-order valence-corrected chi connectivity index (χ4v) is 4.00. The molecule has 2 amide bonds. The molecule has 1 spiro atoms. The minimum absolute atomic E-state index is 0.0480. The average molecular weight is 339 g/mol. The maximum Gasteiger partial charge on any atom is 0.257 e. The molecule has 130 valence electrons. The predicted octanol–water partition coefficient (Wildman–Crippen LogP) is 2.33.